The Kier molecular flexibility index (Phi) is 6.28. The number of quaternary nitrogens is 1. The molecule has 0 aromatic rings. The molecule has 1 aliphatic rings. The highest BCUT2D eigenvalue weighted by Gasteiger charge is 2.27. The van der Waals surface area contributed by atoms with Crippen LogP contribution >= 0.6 is 0 Å². The molecule has 0 bridgehead atoms. The van der Waals surface area contributed by atoms with Crippen molar-refractivity contribution in [3.05, 3.63) is 0 Å². The molecule has 4 nitrogen and oxygen atoms in total. The molecule has 0 unspecified atom stereocenters. The van der Waals surface area contributed by atoms with Gasteiger partial charge in [-0.2, -0.15) is 0 Å². The van der Waals surface area contributed by atoms with Crippen LogP contribution in [0, 0.1) is 0 Å². The van der Waals surface area contributed by atoms with Crippen LogP contribution in [0.15, 0.2) is 0 Å². The van der Waals surface area contributed by atoms with E-state index in [0.29, 0.717) is 0 Å². The molecule has 0 atom stereocenters. The van der Waals surface area contributed by atoms with Gasteiger partial charge in [-0.3, -0.25) is 4.90 Å². The van der Waals surface area contributed by atoms with Crippen molar-refractivity contribution in [2.24, 2.45) is 0 Å². The van der Waals surface area contributed by atoms with Crippen LogP contribution in [0.4, 0.5) is 0 Å². The summed E-state index contributed by atoms with van der Waals surface area (Å²) in [7, 11) is 4.11. The van der Waals surface area contributed by atoms with Crippen LogP contribution in [-0.2, 0) is 9.47 Å². The lowest BCUT2D eigenvalue weighted by atomic mass is 10.2. The molecule has 0 aliphatic carbocycles. The lowest BCUT2D eigenvalue weighted by Crippen LogP contribution is -2.58. The molecule has 96 valence electrons. The number of hydrogen-bond donors (Lipinski definition) is 0. The minimum Gasteiger partial charge on any atom is -0.380 e. The van der Waals surface area contributed by atoms with E-state index in [0.717, 1.165) is 37.4 Å². The van der Waals surface area contributed by atoms with Crippen molar-refractivity contribution in [2.75, 3.05) is 73.2 Å². The average Bonchev–Trinajstić information content (AvgIpc) is 2.30. The fourth-order valence-corrected chi connectivity index (χ4v) is 2.09. The standard InChI is InChI=1S/C12H27N2O2/c1-4-16-11-7-13-5-8-14(2,9-6-13)10-12-15-3/h4-12H2,1-3H3/q+1. The van der Waals surface area contributed by atoms with Crippen LogP contribution in [0.1, 0.15) is 6.92 Å². The number of nitrogens with zero attached hydrogens (tertiary/aromatic N) is 2. The first kappa shape index (κ1) is 13.9. The molecule has 0 aromatic carbocycles. The molecule has 1 aliphatic heterocycles. The second-order valence-electron chi connectivity index (χ2n) is 4.82. The third-order valence-electron chi connectivity index (χ3n) is 3.50. The lowest BCUT2D eigenvalue weighted by molar-refractivity contribution is -0.913. The molecule has 1 fully saturated rings. The van der Waals surface area contributed by atoms with E-state index in [1.165, 1.54) is 26.2 Å². The molecule has 0 spiro atoms. The summed E-state index contributed by atoms with van der Waals surface area (Å²) in [6, 6.07) is 0. The Hall–Kier alpha value is -0.160. The van der Waals surface area contributed by atoms with Gasteiger partial charge in [0.25, 0.3) is 0 Å². The average molecular weight is 231 g/mol. The van der Waals surface area contributed by atoms with E-state index in [1.54, 1.807) is 7.11 Å². The molecular formula is C12H27N2O2+. The molecule has 0 aromatic heterocycles. The number of piperazine rings is 1. The normalized spacial score (nSPS) is 21.2. The quantitative estimate of drug-likeness (QED) is 0.468. The fourth-order valence-electron chi connectivity index (χ4n) is 2.09. The van der Waals surface area contributed by atoms with Gasteiger partial charge < -0.3 is 14.0 Å². The maximum Gasteiger partial charge on any atom is 0.102 e. The number of hydrogen-bond acceptors (Lipinski definition) is 3. The number of likely N-dealkylation sites (N-methyl/N-ethyl adjacent to an activating group) is 1. The predicted octanol–water partition coefficient (Wildman–Crippen LogP) is 0.432. The summed E-state index contributed by atoms with van der Waals surface area (Å²) < 4.78 is 11.7. The van der Waals surface area contributed by atoms with Crippen LogP contribution in [0.2, 0.25) is 0 Å². The van der Waals surface area contributed by atoms with Crippen LogP contribution in [-0.4, -0.2) is 82.6 Å². The Morgan fingerprint density at radius 1 is 1.19 bits per heavy atom. The third kappa shape index (κ3) is 4.78. The Bertz CT molecular complexity index is 180. The zero-order valence-electron chi connectivity index (χ0n) is 11.1. The predicted molar refractivity (Wildman–Crippen MR) is 65.6 cm³/mol. The number of methoxy groups -OCH3 is 1. The summed E-state index contributed by atoms with van der Waals surface area (Å²) in [5, 5.41) is 0. The van der Waals surface area contributed by atoms with E-state index in [9.17, 15) is 0 Å². The topological polar surface area (TPSA) is 21.7 Å². The summed E-state index contributed by atoms with van der Waals surface area (Å²) in [4.78, 5) is 2.50. The Labute approximate surface area is 99.7 Å². The Morgan fingerprint density at radius 2 is 1.88 bits per heavy atom. The van der Waals surface area contributed by atoms with E-state index in [1.807, 2.05) is 0 Å². The van der Waals surface area contributed by atoms with Crippen molar-refractivity contribution in [1.82, 2.24) is 4.90 Å². The molecule has 0 radical (unpaired) electrons. The summed E-state index contributed by atoms with van der Waals surface area (Å²) in [6.07, 6.45) is 0. The molecule has 1 heterocycles. The van der Waals surface area contributed by atoms with Gasteiger partial charge in [0.05, 0.1) is 33.4 Å². The second-order valence-corrected chi connectivity index (χ2v) is 4.82. The molecule has 1 rings (SSSR count). The lowest BCUT2D eigenvalue weighted by Gasteiger charge is -2.41. The first-order valence-electron chi connectivity index (χ1n) is 6.33. The SMILES string of the molecule is CCOCCN1CC[N+](C)(CCOC)CC1. The van der Waals surface area contributed by atoms with Crippen LogP contribution in [0.3, 0.4) is 0 Å². The van der Waals surface area contributed by atoms with Gasteiger partial charge >= 0.3 is 0 Å². The van der Waals surface area contributed by atoms with Gasteiger partial charge in [-0.1, -0.05) is 0 Å². The van der Waals surface area contributed by atoms with Gasteiger partial charge in [0, 0.05) is 33.4 Å². The molecular weight excluding hydrogens is 204 g/mol. The largest absolute Gasteiger partial charge is 0.380 e. The van der Waals surface area contributed by atoms with Crippen LogP contribution < -0.4 is 0 Å². The first-order chi connectivity index (χ1) is 7.70. The summed E-state index contributed by atoms with van der Waals surface area (Å²) in [6.45, 7) is 11.7. The molecule has 16 heavy (non-hydrogen) atoms. The van der Waals surface area contributed by atoms with E-state index in [2.05, 4.69) is 18.9 Å². The van der Waals surface area contributed by atoms with Gasteiger partial charge in [-0.05, 0) is 6.92 Å². The van der Waals surface area contributed by atoms with Crippen molar-refractivity contribution >= 4 is 0 Å². The molecule has 0 N–H and O–H groups in total. The summed E-state index contributed by atoms with van der Waals surface area (Å²) in [5.41, 5.74) is 0. The van der Waals surface area contributed by atoms with Gasteiger partial charge in [0.1, 0.15) is 6.54 Å². The first-order valence-corrected chi connectivity index (χ1v) is 6.33. The fraction of sp³-hybridized carbons (Fsp3) is 1.00. The number of ether oxygens (including phenoxy) is 2. The highest BCUT2D eigenvalue weighted by atomic mass is 16.5. The van der Waals surface area contributed by atoms with Crippen molar-refractivity contribution in [3.63, 3.8) is 0 Å². The highest BCUT2D eigenvalue weighted by Crippen LogP contribution is 2.09. The molecule has 4 heteroatoms. The van der Waals surface area contributed by atoms with E-state index >= 15 is 0 Å². The Morgan fingerprint density at radius 3 is 2.44 bits per heavy atom. The minimum atomic E-state index is 0.829. The van der Waals surface area contributed by atoms with Crippen molar-refractivity contribution in [2.45, 2.75) is 6.92 Å². The van der Waals surface area contributed by atoms with E-state index in [-0.39, 0.29) is 0 Å². The summed E-state index contributed by atoms with van der Waals surface area (Å²) >= 11 is 0. The zero-order chi connectivity index (χ0) is 11.9. The van der Waals surface area contributed by atoms with Crippen molar-refractivity contribution < 1.29 is 14.0 Å². The number of rotatable bonds is 7. The monoisotopic (exact) mass is 231 g/mol. The molecule has 0 amide bonds. The summed E-state index contributed by atoms with van der Waals surface area (Å²) in [5.74, 6) is 0. The molecule has 0 saturated carbocycles. The van der Waals surface area contributed by atoms with Crippen molar-refractivity contribution in [3.8, 4) is 0 Å². The third-order valence-corrected chi connectivity index (χ3v) is 3.50. The Balaban J connectivity index is 2.17. The van der Waals surface area contributed by atoms with E-state index in [4.69, 9.17) is 9.47 Å². The van der Waals surface area contributed by atoms with Crippen molar-refractivity contribution in [1.29, 1.82) is 0 Å². The zero-order valence-corrected chi connectivity index (χ0v) is 11.1. The van der Waals surface area contributed by atoms with E-state index < -0.39 is 0 Å². The highest BCUT2D eigenvalue weighted by molar-refractivity contribution is 4.62. The van der Waals surface area contributed by atoms with Crippen LogP contribution in [0.25, 0.3) is 0 Å². The maximum atomic E-state index is 5.39. The van der Waals surface area contributed by atoms with Gasteiger partial charge in [0.2, 0.25) is 0 Å². The maximum absolute atomic E-state index is 5.39. The van der Waals surface area contributed by atoms with Gasteiger partial charge in [-0.25, -0.2) is 0 Å². The second kappa shape index (κ2) is 7.22. The minimum absolute atomic E-state index is 0.829. The molecule has 1 saturated heterocycles. The van der Waals surface area contributed by atoms with Gasteiger partial charge in [0.15, 0.2) is 0 Å². The van der Waals surface area contributed by atoms with Crippen LogP contribution in [0.5, 0.6) is 0 Å². The smallest absolute Gasteiger partial charge is 0.102 e. The van der Waals surface area contributed by atoms with Gasteiger partial charge in [-0.15, -0.1) is 0 Å².